The Kier molecular flexibility index (Phi) is 1.40. The minimum absolute atomic E-state index is 0.0482. The molecule has 0 bridgehead atoms. The van der Waals surface area contributed by atoms with E-state index in [-0.39, 0.29) is 18.1 Å². The van der Waals surface area contributed by atoms with Gasteiger partial charge < -0.3 is 14.6 Å². The van der Waals surface area contributed by atoms with Crippen LogP contribution in [-0.2, 0) is 4.79 Å². The molecule has 0 saturated carbocycles. The number of hydrogen-bond acceptors (Lipinski definition) is 4. The van der Waals surface area contributed by atoms with Gasteiger partial charge in [-0.2, -0.15) is 0 Å². The minimum atomic E-state index is -0.451. The number of esters is 1. The maximum atomic E-state index is 10.7. The Bertz CT molecular complexity index is 332. The summed E-state index contributed by atoms with van der Waals surface area (Å²) in [4.78, 5) is 10.7. The summed E-state index contributed by atoms with van der Waals surface area (Å²) in [6.07, 6.45) is 0. The Morgan fingerprint density at radius 2 is 2.17 bits per heavy atom. The topological polar surface area (TPSA) is 55.8 Å². The summed E-state index contributed by atoms with van der Waals surface area (Å²) in [7, 11) is 0. The van der Waals surface area contributed by atoms with E-state index in [4.69, 9.17) is 14.6 Å². The molecular weight excluding hydrogens is 160 g/mol. The van der Waals surface area contributed by atoms with Crippen molar-refractivity contribution in [2.24, 2.45) is 0 Å². The number of hydrogen-bond donors (Lipinski definition) is 1. The normalized spacial score (nSPS) is 14.5. The van der Waals surface area contributed by atoms with E-state index in [2.05, 4.69) is 0 Å². The average Bonchev–Trinajstić information content (AvgIpc) is 2.03. The van der Waals surface area contributed by atoms with Crippen molar-refractivity contribution in [3.63, 3.8) is 0 Å². The van der Waals surface area contributed by atoms with Crippen molar-refractivity contribution < 1.29 is 19.4 Å². The maximum absolute atomic E-state index is 10.7. The van der Waals surface area contributed by atoms with Gasteiger partial charge in [-0.05, 0) is 12.1 Å². The molecule has 0 saturated heterocycles. The van der Waals surface area contributed by atoms with Crippen molar-refractivity contribution >= 4 is 5.97 Å². The summed E-state index contributed by atoms with van der Waals surface area (Å²) in [6, 6.07) is 4.36. The summed E-state index contributed by atoms with van der Waals surface area (Å²) < 4.78 is 9.79. The third-order valence-electron chi connectivity index (χ3n) is 1.50. The zero-order valence-electron chi connectivity index (χ0n) is 6.11. The van der Waals surface area contributed by atoms with Gasteiger partial charge in [-0.25, -0.2) is 4.79 Å². The van der Waals surface area contributed by atoms with Crippen LogP contribution in [0.3, 0.4) is 0 Å². The van der Waals surface area contributed by atoms with Crippen molar-refractivity contribution in [3.8, 4) is 17.2 Å². The number of phenolic OH excluding ortho intramolecular Hbond substituents is 1. The molecule has 0 fully saturated rings. The van der Waals surface area contributed by atoms with Crippen LogP contribution < -0.4 is 9.47 Å². The summed E-state index contributed by atoms with van der Waals surface area (Å²) in [6.45, 7) is -0.0717. The van der Waals surface area contributed by atoms with Crippen LogP contribution in [-0.4, -0.2) is 17.7 Å². The van der Waals surface area contributed by atoms with Gasteiger partial charge in [0.2, 0.25) is 0 Å². The van der Waals surface area contributed by atoms with Gasteiger partial charge in [0.05, 0.1) is 0 Å². The van der Waals surface area contributed by atoms with E-state index in [1.54, 1.807) is 6.07 Å². The molecule has 0 radical (unpaired) electrons. The molecule has 0 spiro atoms. The van der Waals surface area contributed by atoms with E-state index in [1.807, 2.05) is 0 Å². The van der Waals surface area contributed by atoms with Gasteiger partial charge in [-0.3, -0.25) is 0 Å². The molecule has 1 aromatic carbocycles. The van der Waals surface area contributed by atoms with Gasteiger partial charge in [0, 0.05) is 6.07 Å². The maximum Gasteiger partial charge on any atom is 0.349 e. The van der Waals surface area contributed by atoms with Crippen LogP contribution in [0.2, 0.25) is 0 Å². The number of aromatic hydroxyl groups is 1. The molecule has 1 heterocycles. The molecule has 0 atom stereocenters. The number of phenols is 1. The molecule has 12 heavy (non-hydrogen) atoms. The van der Waals surface area contributed by atoms with Crippen LogP contribution in [0.4, 0.5) is 0 Å². The molecule has 1 aromatic rings. The van der Waals surface area contributed by atoms with Gasteiger partial charge in [-0.15, -0.1) is 0 Å². The first kappa shape index (κ1) is 6.97. The lowest BCUT2D eigenvalue weighted by Gasteiger charge is -2.15. The standard InChI is InChI=1S/C8H6O4/c9-5-1-2-6-7(3-5)12-8(10)4-11-6/h1-3,9H,4H2. The van der Waals surface area contributed by atoms with Gasteiger partial charge in [0.1, 0.15) is 5.75 Å². The highest BCUT2D eigenvalue weighted by Gasteiger charge is 2.17. The molecular formula is C8H6O4. The number of carbonyl (C=O) groups excluding carboxylic acids is 1. The average molecular weight is 166 g/mol. The molecule has 2 rings (SSSR count). The molecule has 1 aliphatic rings. The number of ether oxygens (including phenoxy) is 2. The molecule has 0 amide bonds. The molecule has 1 N–H and O–H groups in total. The van der Waals surface area contributed by atoms with E-state index in [0.717, 1.165) is 0 Å². The molecule has 0 aliphatic carbocycles. The Morgan fingerprint density at radius 1 is 1.33 bits per heavy atom. The first-order chi connectivity index (χ1) is 5.75. The molecule has 62 valence electrons. The largest absolute Gasteiger partial charge is 0.508 e. The zero-order chi connectivity index (χ0) is 8.55. The summed E-state index contributed by atoms with van der Waals surface area (Å²) in [5, 5.41) is 9.03. The smallest absolute Gasteiger partial charge is 0.349 e. The first-order valence-corrected chi connectivity index (χ1v) is 3.42. The van der Waals surface area contributed by atoms with Crippen LogP contribution >= 0.6 is 0 Å². The molecule has 4 heteroatoms. The van der Waals surface area contributed by atoms with Crippen molar-refractivity contribution in [2.45, 2.75) is 0 Å². The van der Waals surface area contributed by atoms with E-state index in [0.29, 0.717) is 5.75 Å². The number of carbonyl (C=O) groups is 1. The first-order valence-electron chi connectivity index (χ1n) is 3.42. The quantitative estimate of drug-likeness (QED) is 0.455. The van der Waals surface area contributed by atoms with E-state index in [9.17, 15) is 4.79 Å². The fourth-order valence-corrected chi connectivity index (χ4v) is 0.985. The fourth-order valence-electron chi connectivity index (χ4n) is 0.985. The summed E-state index contributed by atoms with van der Waals surface area (Å²) in [5.41, 5.74) is 0. The van der Waals surface area contributed by atoms with Crippen LogP contribution in [0.5, 0.6) is 17.2 Å². The highest BCUT2D eigenvalue weighted by molar-refractivity contribution is 5.77. The van der Waals surface area contributed by atoms with Crippen LogP contribution in [0.15, 0.2) is 18.2 Å². The van der Waals surface area contributed by atoms with E-state index < -0.39 is 5.97 Å². The lowest BCUT2D eigenvalue weighted by atomic mass is 10.3. The van der Waals surface area contributed by atoms with Crippen LogP contribution in [0.25, 0.3) is 0 Å². The minimum Gasteiger partial charge on any atom is -0.508 e. The van der Waals surface area contributed by atoms with Crippen LogP contribution in [0.1, 0.15) is 0 Å². The highest BCUT2D eigenvalue weighted by Crippen LogP contribution is 2.33. The highest BCUT2D eigenvalue weighted by atomic mass is 16.6. The molecule has 1 aliphatic heterocycles. The van der Waals surface area contributed by atoms with Gasteiger partial charge in [0.25, 0.3) is 0 Å². The lowest BCUT2D eigenvalue weighted by Crippen LogP contribution is -2.22. The predicted octanol–water partition coefficient (Wildman–Crippen LogP) is 0.690. The van der Waals surface area contributed by atoms with Crippen molar-refractivity contribution in [3.05, 3.63) is 18.2 Å². The van der Waals surface area contributed by atoms with Gasteiger partial charge >= 0.3 is 5.97 Å². The molecule has 0 unspecified atom stereocenters. The second-order valence-corrected chi connectivity index (χ2v) is 2.39. The van der Waals surface area contributed by atoms with Crippen molar-refractivity contribution in [2.75, 3.05) is 6.61 Å². The monoisotopic (exact) mass is 166 g/mol. The SMILES string of the molecule is O=C1COc2ccc(O)cc2O1. The molecule has 0 aromatic heterocycles. The summed E-state index contributed by atoms with van der Waals surface area (Å²) >= 11 is 0. The zero-order valence-corrected chi connectivity index (χ0v) is 6.11. The Balaban J connectivity index is 2.44. The molecule has 4 nitrogen and oxygen atoms in total. The fraction of sp³-hybridized carbons (Fsp3) is 0.125. The summed E-state index contributed by atoms with van der Waals surface area (Å²) in [5.74, 6) is 0.346. The second kappa shape index (κ2) is 2.41. The van der Waals surface area contributed by atoms with Crippen molar-refractivity contribution in [1.82, 2.24) is 0 Å². The van der Waals surface area contributed by atoms with Gasteiger partial charge in [-0.1, -0.05) is 0 Å². The Hall–Kier alpha value is -1.71. The number of benzene rings is 1. The Labute approximate surface area is 68.3 Å². The second-order valence-electron chi connectivity index (χ2n) is 2.39. The van der Waals surface area contributed by atoms with Crippen molar-refractivity contribution in [1.29, 1.82) is 0 Å². The van der Waals surface area contributed by atoms with E-state index >= 15 is 0 Å². The lowest BCUT2D eigenvalue weighted by molar-refractivity contribution is -0.138. The van der Waals surface area contributed by atoms with Gasteiger partial charge in [0.15, 0.2) is 18.1 Å². The predicted molar refractivity (Wildman–Crippen MR) is 39.2 cm³/mol. The number of rotatable bonds is 0. The number of fused-ring (bicyclic) bond motifs is 1. The third kappa shape index (κ3) is 1.07. The van der Waals surface area contributed by atoms with E-state index in [1.165, 1.54) is 12.1 Å². The van der Waals surface area contributed by atoms with Crippen LogP contribution in [0, 0.1) is 0 Å². The third-order valence-corrected chi connectivity index (χ3v) is 1.50. The Morgan fingerprint density at radius 3 is 3.00 bits per heavy atom.